The lowest BCUT2D eigenvalue weighted by atomic mass is 10.1. The molecule has 1 amide bonds. The van der Waals surface area contributed by atoms with E-state index in [2.05, 4.69) is 0 Å². The molecule has 2 aromatic rings. The van der Waals surface area contributed by atoms with Gasteiger partial charge in [-0.25, -0.2) is 8.78 Å². The third-order valence-corrected chi connectivity index (χ3v) is 3.99. The second kappa shape index (κ2) is 7.68. The Morgan fingerprint density at radius 3 is 2.38 bits per heavy atom. The lowest BCUT2D eigenvalue weighted by molar-refractivity contribution is -0.137. The molecule has 26 heavy (non-hydrogen) atoms. The number of alkyl halides is 3. The summed E-state index contributed by atoms with van der Waals surface area (Å²) in [6.45, 7) is 1.63. The predicted molar refractivity (Wildman–Crippen MR) is 88.0 cm³/mol. The summed E-state index contributed by atoms with van der Waals surface area (Å²) in [5.74, 6) is -2.49. The molecule has 2 aromatic carbocycles. The lowest BCUT2D eigenvalue weighted by Gasteiger charge is -2.24. The number of hydrogen-bond donors (Lipinski definition) is 0. The van der Waals surface area contributed by atoms with Crippen LogP contribution >= 0.6 is 0 Å². The van der Waals surface area contributed by atoms with Crippen LogP contribution in [0.5, 0.6) is 0 Å². The van der Waals surface area contributed by atoms with E-state index in [1.54, 1.807) is 6.92 Å². The standard InChI is InChI=1S/C19H16F5NO/c1-12(14-7-8-16(20)17(21)11-14)25(2)18(26)9-6-13-4-3-5-15(10-13)19(22,23)24/h3-12H,1-2H3/b9-6+. The fourth-order valence-electron chi connectivity index (χ4n) is 2.29. The van der Waals surface area contributed by atoms with Crippen LogP contribution in [0.25, 0.3) is 6.08 Å². The zero-order valence-electron chi connectivity index (χ0n) is 14.0. The predicted octanol–water partition coefficient (Wildman–Crippen LogP) is 5.22. The minimum absolute atomic E-state index is 0.224. The number of hydrogen-bond acceptors (Lipinski definition) is 1. The third-order valence-electron chi connectivity index (χ3n) is 3.99. The monoisotopic (exact) mass is 369 g/mol. The Hall–Kier alpha value is -2.70. The minimum atomic E-state index is -4.47. The Morgan fingerprint density at radius 1 is 1.08 bits per heavy atom. The second-order valence-electron chi connectivity index (χ2n) is 5.76. The highest BCUT2D eigenvalue weighted by atomic mass is 19.4. The molecule has 0 aliphatic rings. The number of benzene rings is 2. The summed E-state index contributed by atoms with van der Waals surface area (Å²) in [7, 11) is 1.46. The van der Waals surface area contributed by atoms with Crippen LogP contribution in [0.15, 0.2) is 48.5 Å². The molecule has 0 aliphatic carbocycles. The van der Waals surface area contributed by atoms with E-state index in [-0.39, 0.29) is 5.56 Å². The van der Waals surface area contributed by atoms with E-state index >= 15 is 0 Å². The van der Waals surface area contributed by atoms with Crippen LogP contribution in [0, 0.1) is 11.6 Å². The molecule has 0 spiro atoms. The van der Waals surface area contributed by atoms with E-state index in [9.17, 15) is 26.7 Å². The van der Waals surface area contributed by atoms with E-state index < -0.39 is 35.3 Å². The quantitative estimate of drug-likeness (QED) is 0.535. The molecule has 1 atom stereocenters. The van der Waals surface area contributed by atoms with E-state index in [1.165, 1.54) is 36.2 Å². The van der Waals surface area contributed by atoms with Crippen LogP contribution in [-0.4, -0.2) is 17.9 Å². The Kier molecular flexibility index (Phi) is 5.79. The highest BCUT2D eigenvalue weighted by Gasteiger charge is 2.30. The molecule has 0 fully saturated rings. The van der Waals surface area contributed by atoms with Gasteiger partial charge in [-0.2, -0.15) is 13.2 Å². The van der Waals surface area contributed by atoms with Gasteiger partial charge in [0.15, 0.2) is 11.6 Å². The number of rotatable bonds is 4. The number of halogens is 5. The van der Waals surface area contributed by atoms with Crippen molar-refractivity contribution in [3.05, 3.63) is 76.9 Å². The summed E-state index contributed by atoms with van der Waals surface area (Å²) < 4.78 is 64.4. The van der Waals surface area contributed by atoms with Gasteiger partial charge < -0.3 is 4.90 Å². The maximum atomic E-state index is 13.3. The second-order valence-corrected chi connectivity index (χ2v) is 5.76. The smallest absolute Gasteiger partial charge is 0.335 e. The van der Waals surface area contributed by atoms with Crippen LogP contribution in [0.3, 0.4) is 0 Å². The Labute approximate surface area is 147 Å². The SMILES string of the molecule is CC(c1ccc(F)c(F)c1)N(C)C(=O)/C=C/c1cccc(C(F)(F)F)c1. The fraction of sp³-hybridized carbons (Fsp3) is 0.211. The number of carbonyl (C=O) groups excluding carboxylic acids is 1. The average Bonchev–Trinajstić information content (AvgIpc) is 2.60. The van der Waals surface area contributed by atoms with Crippen LogP contribution in [0.1, 0.15) is 29.7 Å². The highest BCUT2D eigenvalue weighted by molar-refractivity contribution is 5.91. The van der Waals surface area contributed by atoms with Crippen molar-refractivity contribution in [3.63, 3.8) is 0 Å². The zero-order chi connectivity index (χ0) is 19.5. The molecule has 0 N–H and O–H groups in total. The van der Waals surface area contributed by atoms with Gasteiger partial charge in [-0.3, -0.25) is 4.79 Å². The van der Waals surface area contributed by atoms with Gasteiger partial charge in [0.1, 0.15) is 0 Å². The topological polar surface area (TPSA) is 20.3 Å². The summed E-state index contributed by atoms with van der Waals surface area (Å²) in [6.07, 6.45) is -2.07. The molecule has 0 radical (unpaired) electrons. The molecule has 2 nitrogen and oxygen atoms in total. The number of nitrogens with zero attached hydrogens (tertiary/aromatic N) is 1. The first-order valence-corrected chi connectivity index (χ1v) is 7.66. The molecule has 0 aliphatic heterocycles. The van der Waals surface area contributed by atoms with E-state index in [4.69, 9.17) is 0 Å². The molecule has 0 bridgehead atoms. The summed E-state index contributed by atoms with van der Waals surface area (Å²) in [5.41, 5.74) is -0.190. The van der Waals surface area contributed by atoms with Gasteiger partial charge in [0.05, 0.1) is 11.6 Å². The fourth-order valence-corrected chi connectivity index (χ4v) is 2.29. The molecular formula is C19H16F5NO. The van der Waals surface area contributed by atoms with Crippen molar-refractivity contribution in [3.8, 4) is 0 Å². The summed E-state index contributed by atoms with van der Waals surface area (Å²) >= 11 is 0. The maximum absolute atomic E-state index is 13.3. The van der Waals surface area contributed by atoms with Crippen LogP contribution in [0.4, 0.5) is 22.0 Å². The van der Waals surface area contributed by atoms with Crippen molar-refractivity contribution in [2.24, 2.45) is 0 Å². The number of likely N-dealkylation sites (N-methyl/N-ethyl adjacent to an activating group) is 1. The number of amides is 1. The Balaban J connectivity index is 2.13. The average molecular weight is 369 g/mol. The Morgan fingerprint density at radius 2 is 1.77 bits per heavy atom. The zero-order valence-corrected chi connectivity index (χ0v) is 14.0. The van der Waals surface area contributed by atoms with E-state index in [0.717, 1.165) is 30.3 Å². The van der Waals surface area contributed by atoms with Crippen LogP contribution < -0.4 is 0 Å². The van der Waals surface area contributed by atoms with Crippen molar-refractivity contribution >= 4 is 12.0 Å². The molecule has 0 aromatic heterocycles. The molecule has 1 unspecified atom stereocenters. The van der Waals surface area contributed by atoms with Gasteiger partial charge in [-0.1, -0.05) is 18.2 Å². The molecular weight excluding hydrogens is 353 g/mol. The maximum Gasteiger partial charge on any atom is 0.416 e. The largest absolute Gasteiger partial charge is 0.416 e. The first-order valence-electron chi connectivity index (χ1n) is 7.66. The van der Waals surface area contributed by atoms with E-state index in [1.807, 2.05) is 0 Å². The van der Waals surface area contributed by atoms with Crippen molar-refractivity contribution in [2.75, 3.05) is 7.05 Å². The van der Waals surface area contributed by atoms with Crippen molar-refractivity contribution in [1.82, 2.24) is 4.90 Å². The van der Waals surface area contributed by atoms with Crippen molar-refractivity contribution in [1.29, 1.82) is 0 Å². The van der Waals surface area contributed by atoms with Gasteiger partial charge in [0, 0.05) is 13.1 Å². The lowest BCUT2D eigenvalue weighted by Crippen LogP contribution is -2.28. The van der Waals surface area contributed by atoms with Gasteiger partial charge in [0.25, 0.3) is 0 Å². The van der Waals surface area contributed by atoms with Gasteiger partial charge >= 0.3 is 6.18 Å². The van der Waals surface area contributed by atoms with Gasteiger partial charge in [0.2, 0.25) is 5.91 Å². The Bertz CT molecular complexity index is 829. The van der Waals surface area contributed by atoms with Crippen LogP contribution in [-0.2, 0) is 11.0 Å². The summed E-state index contributed by atoms with van der Waals surface area (Å²) in [6, 6.07) is 7.35. The minimum Gasteiger partial charge on any atom is -0.335 e. The molecule has 0 saturated heterocycles. The van der Waals surface area contributed by atoms with E-state index in [0.29, 0.717) is 5.56 Å². The number of carbonyl (C=O) groups is 1. The normalized spacial score (nSPS) is 13.0. The first kappa shape index (κ1) is 19.6. The van der Waals surface area contributed by atoms with Crippen molar-refractivity contribution in [2.45, 2.75) is 19.1 Å². The summed E-state index contributed by atoms with van der Waals surface area (Å²) in [5, 5.41) is 0. The van der Waals surface area contributed by atoms with Crippen molar-refractivity contribution < 1.29 is 26.7 Å². The molecule has 138 valence electrons. The molecule has 0 heterocycles. The van der Waals surface area contributed by atoms with Gasteiger partial charge in [-0.05, 0) is 48.4 Å². The van der Waals surface area contributed by atoms with Crippen LogP contribution in [0.2, 0.25) is 0 Å². The third kappa shape index (κ3) is 4.68. The molecule has 7 heteroatoms. The summed E-state index contributed by atoms with van der Waals surface area (Å²) in [4.78, 5) is 13.5. The van der Waals surface area contributed by atoms with Gasteiger partial charge in [-0.15, -0.1) is 0 Å². The molecule has 0 saturated carbocycles. The first-order chi connectivity index (χ1) is 12.1. The highest BCUT2D eigenvalue weighted by Crippen LogP contribution is 2.29. The molecule has 2 rings (SSSR count).